The smallest absolute Gasteiger partial charge is 0.0677 e. The second kappa shape index (κ2) is 4.43. The van der Waals surface area contributed by atoms with E-state index < -0.39 is 0 Å². The summed E-state index contributed by atoms with van der Waals surface area (Å²) in [6.45, 7) is 0. The molecule has 1 aromatic heterocycles. The highest BCUT2D eigenvalue weighted by molar-refractivity contribution is 5.40. The van der Waals surface area contributed by atoms with Crippen LogP contribution in [0.15, 0.2) is 42.7 Å². The van der Waals surface area contributed by atoms with Crippen LogP contribution in [0.1, 0.15) is 12.0 Å². The second-order valence-corrected chi connectivity index (χ2v) is 3.24. The molecule has 0 unspecified atom stereocenters. The maximum atomic E-state index is 8.58. The molecule has 1 aromatic carbocycles. The number of rotatable bonds is 3. The van der Waals surface area contributed by atoms with Gasteiger partial charge >= 0.3 is 0 Å². The Morgan fingerprint density at radius 2 is 2.13 bits per heavy atom. The monoisotopic (exact) mass is 197 g/mol. The lowest BCUT2D eigenvalue weighted by Gasteiger charge is -2.07. The minimum absolute atomic E-state index is 0.540. The van der Waals surface area contributed by atoms with Crippen molar-refractivity contribution in [1.82, 2.24) is 9.78 Å². The molecule has 0 radical (unpaired) electrons. The van der Waals surface area contributed by atoms with E-state index in [2.05, 4.69) is 11.2 Å². The summed E-state index contributed by atoms with van der Waals surface area (Å²) in [5.41, 5.74) is 2.21. The molecule has 2 aromatic rings. The van der Waals surface area contributed by atoms with E-state index in [0.29, 0.717) is 6.42 Å². The minimum atomic E-state index is 0.540. The molecule has 0 amide bonds. The van der Waals surface area contributed by atoms with Gasteiger partial charge in [0.05, 0.1) is 11.8 Å². The van der Waals surface area contributed by atoms with Gasteiger partial charge in [0.15, 0.2) is 0 Å². The van der Waals surface area contributed by atoms with Crippen molar-refractivity contribution in [3.8, 4) is 11.8 Å². The van der Waals surface area contributed by atoms with Crippen LogP contribution >= 0.6 is 0 Å². The third kappa shape index (κ3) is 2.05. The largest absolute Gasteiger partial charge is 0.241 e. The first-order valence-electron chi connectivity index (χ1n) is 4.86. The van der Waals surface area contributed by atoms with Crippen molar-refractivity contribution in [1.29, 1.82) is 5.26 Å². The number of nitriles is 1. The van der Waals surface area contributed by atoms with Gasteiger partial charge in [-0.15, -0.1) is 0 Å². The molecule has 15 heavy (non-hydrogen) atoms. The fourth-order valence-corrected chi connectivity index (χ4v) is 1.55. The van der Waals surface area contributed by atoms with Crippen LogP contribution < -0.4 is 0 Å². The number of aromatic nitrogens is 2. The van der Waals surface area contributed by atoms with Crippen LogP contribution in [0.5, 0.6) is 0 Å². The van der Waals surface area contributed by atoms with Crippen molar-refractivity contribution < 1.29 is 0 Å². The summed E-state index contributed by atoms with van der Waals surface area (Å²) < 4.78 is 1.83. The summed E-state index contributed by atoms with van der Waals surface area (Å²) in [7, 11) is 0. The van der Waals surface area contributed by atoms with E-state index in [0.717, 1.165) is 17.7 Å². The van der Waals surface area contributed by atoms with Gasteiger partial charge in [-0.3, -0.25) is 0 Å². The maximum absolute atomic E-state index is 8.58. The molecule has 3 nitrogen and oxygen atoms in total. The lowest BCUT2D eigenvalue weighted by Crippen LogP contribution is -1.99. The van der Waals surface area contributed by atoms with Crippen molar-refractivity contribution in [2.75, 3.05) is 0 Å². The summed E-state index contributed by atoms with van der Waals surface area (Å²) in [5.74, 6) is 0. The summed E-state index contributed by atoms with van der Waals surface area (Å²) >= 11 is 0. The van der Waals surface area contributed by atoms with E-state index in [9.17, 15) is 0 Å². The maximum Gasteiger partial charge on any atom is 0.0677 e. The molecule has 0 aliphatic heterocycles. The van der Waals surface area contributed by atoms with Crippen LogP contribution in [-0.2, 0) is 6.42 Å². The molecule has 1 heterocycles. The zero-order valence-corrected chi connectivity index (χ0v) is 8.30. The van der Waals surface area contributed by atoms with Crippen molar-refractivity contribution in [3.05, 3.63) is 48.3 Å². The van der Waals surface area contributed by atoms with Crippen molar-refractivity contribution in [2.24, 2.45) is 0 Å². The fraction of sp³-hybridized carbons (Fsp3) is 0.167. The van der Waals surface area contributed by atoms with E-state index >= 15 is 0 Å². The highest BCUT2D eigenvalue weighted by Gasteiger charge is 2.02. The van der Waals surface area contributed by atoms with Crippen LogP contribution in [0.2, 0.25) is 0 Å². The van der Waals surface area contributed by atoms with Crippen molar-refractivity contribution in [2.45, 2.75) is 12.8 Å². The quantitative estimate of drug-likeness (QED) is 0.757. The molecular weight excluding hydrogens is 186 g/mol. The zero-order chi connectivity index (χ0) is 10.5. The first kappa shape index (κ1) is 9.47. The van der Waals surface area contributed by atoms with Gasteiger partial charge in [0.25, 0.3) is 0 Å². The number of aryl methyl sites for hydroxylation is 1. The molecule has 0 spiro atoms. The summed E-state index contributed by atoms with van der Waals surface area (Å²) in [5, 5.41) is 12.8. The number of para-hydroxylation sites is 1. The first-order valence-corrected chi connectivity index (χ1v) is 4.86. The number of hydrogen-bond donors (Lipinski definition) is 0. The topological polar surface area (TPSA) is 41.6 Å². The second-order valence-electron chi connectivity index (χ2n) is 3.24. The third-order valence-electron chi connectivity index (χ3n) is 2.25. The molecule has 74 valence electrons. The number of benzene rings is 1. The molecule has 0 atom stereocenters. The predicted octanol–water partition coefficient (Wildman–Crippen LogP) is 2.33. The number of hydrogen-bond acceptors (Lipinski definition) is 2. The molecule has 0 aliphatic rings. The van der Waals surface area contributed by atoms with Gasteiger partial charge in [0, 0.05) is 18.8 Å². The van der Waals surface area contributed by atoms with Gasteiger partial charge in [-0.1, -0.05) is 18.2 Å². The van der Waals surface area contributed by atoms with Gasteiger partial charge in [0.1, 0.15) is 0 Å². The highest BCUT2D eigenvalue weighted by Crippen LogP contribution is 2.14. The lowest BCUT2D eigenvalue weighted by molar-refractivity contribution is 0.854. The van der Waals surface area contributed by atoms with Crippen LogP contribution in [0, 0.1) is 11.3 Å². The van der Waals surface area contributed by atoms with Crippen LogP contribution in [0.4, 0.5) is 0 Å². The molecule has 0 fully saturated rings. The normalized spacial score (nSPS) is 9.80. The predicted molar refractivity (Wildman–Crippen MR) is 57.5 cm³/mol. The van der Waals surface area contributed by atoms with E-state index in [4.69, 9.17) is 5.26 Å². The van der Waals surface area contributed by atoms with E-state index in [1.807, 2.05) is 41.2 Å². The van der Waals surface area contributed by atoms with Crippen LogP contribution in [0.25, 0.3) is 5.69 Å². The van der Waals surface area contributed by atoms with Crippen molar-refractivity contribution >= 4 is 0 Å². The van der Waals surface area contributed by atoms with Gasteiger partial charge in [-0.2, -0.15) is 10.4 Å². The Bertz CT molecular complexity index is 466. The van der Waals surface area contributed by atoms with Crippen molar-refractivity contribution in [3.63, 3.8) is 0 Å². The Labute approximate surface area is 88.6 Å². The fourth-order valence-electron chi connectivity index (χ4n) is 1.55. The van der Waals surface area contributed by atoms with Gasteiger partial charge in [-0.25, -0.2) is 4.68 Å². The molecule has 3 heteroatoms. The lowest BCUT2D eigenvalue weighted by atomic mass is 10.1. The van der Waals surface area contributed by atoms with E-state index in [1.54, 1.807) is 6.20 Å². The summed E-state index contributed by atoms with van der Waals surface area (Å²) in [6.07, 6.45) is 4.97. The summed E-state index contributed by atoms with van der Waals surface area (Å²) in [6, 6.07) is 12.1. The molecule has 0 bridgehead atoms. The molecule has 0 saturated carbocycles. The zero-order valence-electron chi connectivity index (χ0n) is 8.30. The number of nitrogens with zero attached hydrogens (tertiary/aromatic N) is 3. The summed E-state index contributed by atoms with van der Waals surface area (Å²) in [4.78, 5) is 0. The minimum Gasteiger partial charge on any atom is -0.241 e. The van der Waals surface area contributed by atoms with Gasteiger partial charge in [-0.05, 0) is 24.1 Å². The van der Waals surface area contributed by atoms with Gasteiger partial charge < -0.3 is 0 Å². The standard InChI is InChI=1S/C12H11N3/c13-8-3-6-11-5-1-2-7-12(11)15-10-4-9-14-15/h1-2,4-5,7,9-10H,3,6H2. The molecule has 0 saturated heterocycles. The Morgan fingerprint density at radius 1 is 1.27 bits per heavy atom. The Balaban J connectivity index is 2.35. The molecule has 0 N–H and O–H groups in total. The third-order valence-corrected chi connectivity index (χ3v) is 2.25. The Hall–Kier alpha value is -2.08. The first-order chi connectivity index (χ1) is 7.42. The highest BCUT2D eigenvalue weighted by atomic mass is 15.3. The van der Waals surface area contributed by atoms with E-state index in [1.165, 1.54) is 0 Å². The molecule has 2 rings (SSSR count). The average Bonchev–Trinajstić information content (AvgIpc) is 2.80. The Kier molecular flexibility index (Phi) is 2.80. The van der Waals surface area contributed by atoms with Crippen LogP contribution in [-0.4, -0.2) is 9.78 Å². The molecule has 0 aliphatic carbocycles. The van der Waals surface area contributed by atoms with E-state index in [-0.39, 0.29) is 0 Å². The average molecular weight is 197 g/mol. The molecular formula is C12H11N3. The Morgan fingerprint density at radius 3 is 2.87 bits per heavy atom. The van der Waals surface area contributed by atoms with Crippen LogP contribution in [0.3, 0.4) is 0 Å². The SMILES string of the molecule is N#CCCc1ccccc1-n1cccn1. The van der Waals surface area contributed by atoms with Gasteiger partial charge in [0.2, 0.25) is 0 Å².